The zero-order chi connectivity index (χ0) is 12.3. The average molecular weight is 231 g/mol. The maximum atomic E-state index is 13.1. The van der Waals surface area contributed by atoms with E-state index in [0.717, 1.165) is 12.1 Å². The van der Waals surface area contributed by atoms with Crippen LogP contribution >= 0.6 is 0 Å². The Bertz CT molecular complexity index is 564. The Morgan fingerprint density at radius 1 is 1.18 bits per heavy atom. The van der Waals surface area contributed by atoms with E-state index in [9.17, 15) is 8.78 Å². The third kappa shape index (κ3) is 2.26. The van der Waals surface area contributed by atoms with Gasteiger partial charge in [-0.3, -0.25) is 0 Å². The molecule has 1 aromatic carbocycles. The zero-order valence-corrected chi connectivity index (χ0v) is 8.64. The normalized spacial score (nSPS) is 11.8. The van der Waals surface area contributed by atoms with E-state index in [1.165, 1.54) is 18.6 Å². The molecular formula is C12H7F2N3. The van der Waals surface area contributed by atoms with Crippen LogP contribution in [0.25, 0.3) is 0 Å². The number of aromatic nitrogens is 2. The minimum Gasteiger partial charge on any atom is -0.245 e. The predicted octanol–water partition coefficient (Wildman–Crippen LogP) is 2.41. The highest BCUT2D eigenvalue weighted by atomic mass is 19.2. The lowest BCUT2D eigenvalue weighted by atomic mass is 9.97. The van der Waals surface area contributed by atoms with Gasteiger partial charge in [-0.05, 0) is 23.8 Å². The monoisotopic (exact) mass is 231 g/mol. The minimum atomic E-state index is -0.975. The van der Waals surface area contributed by atoms with E-state index in [2.05, 4.69) is 9.97 Å². The molecule has 2 aromatic rings. The van der Waals surface area contributed by atoms with Crippen molar-refractivity contribution in [3.8, 4) is 6.07 Å². The van der Waals surface area contributed by atoms with Crippen LogP contribution in [-0.2, 0) is 0 Å². The maximum absolute atomic E-state index is 13.1. The Balaban J connectivity index is 2.44. The lowest BCUT2D eigenvalue weighted by molar-refractivity contribution is 0.507. The first-order chi connectivity index (χ1) is 8.22. The van der Waals surface area contributed by atoms with E-state index in [4.69, 9.17) is 5.26 Å². The molecule has 0 amide bonds. The number of halogens is 2. The van der Waals surface area contributed by atoms with Gasteiger partial charge in [0.15, 0.2) is 11.6 Å². The summed E-state index contributed by atoms with van der Waals surface area (Å²) in [7, 11) is 0. The van der Waals surface area contributed by atoms with Gasteiger partial charge in [0.25, 0.3) is 0 Å². The zero-order valence-electron chi connectivity index (χ0n) is 8.64. The van der Waals surface area contributed by atoms with Crippen molar-refractivity contribution >= 4 is 0 Å². The average Bonchev–Trinajstić information content (AvgIpc) is 2.36. The van der Waals surface area contributed by atoms with Crippen molar-refractivity contribution < 1.29 is 8.78 Å². The summed E-state index contributed by atoms with van der Waals surface area (Å²) in [5, 5.41) is 9.07. The summed E-state index contributed by atoms with van der Waals surface area (Å²) < 4.78 is 25.9. The molecule has 2 rings (SSSR count). The van der Waals surface area contributed by atoms with Crippen LogP contribution in [0.5, 0.6) is 0 Å². The summed E-state index contributed by atoms with van der Waals surface area (Å²) in [6.07, 6.45) is 2.80. The Kier molecular flexibility index (Phi) is 3.06. The standard InChI is InChI=1S/C12H7F2N3/c13-10-2-1-8(5-11(10)14)9(6-15)12-3-4-16-7-17-12/h1-5,7,9H. The van der Waals surface area contributed by atoms with Crippen molar-refractivity contribution in [3.05, 3.63) is 59.7 Å². The molecule has 0 saturated heterocycles. The van der Waals surface area contributed by atoms with Crippen molar-refractivity contribution in [2.45, 2.75) is 5.92 Å². The highest BCUT2D eigenvalue weighted by molar-refractivity contribution is 5.34. The quantitative estimate of drug-likeness (QED) is 0.797. The summed E-state index contributed by atoms with van der Waals surface area (Å²) in [5.74, 6) is -2.64. The van der Waals surface area contributed by atoms with Gasteiger partial charge < -0.3 is 0 Å². The van der Waals surface area contributed by atoms with Crippen LogP contribution in [0.15, 0.2) is 36.8 Å². The van der Waals surface area contributed by atoms with Gasteiger partial charge in [0.2, 0.25) is 0 Å². The first kappa shape index (κ1) is 11.1. The molecule has 0 radical (unpaired) electrons. The van der Waals surface area contributed by atoms with Crippen LogP contribution in [0.3, 0.4) is 0 Å². The maximum Gasteiger partial charge on any atom is 0.159 e. The van der Waals surface area contributed by atoms with Crippen LogP contribution in [0.1, 0.15) is 17.2 Å². The molecule has 1 unspecified atom stereocenters. The van der Waals surface area contributed by atoms with Crippen LogP contribution < -0.4 is 0 Å². The molecule has 17 heavy (non-hydrogen) atoms. The van der Waals surface area contributed by atoms with Crippen LogP contribution in [0, 0.1) is 23.0 Å². The van der Waals surface area contributed by atoms with Gasteiger partial charge in [0.1, 0.15) is 12.2 Å². The van der Waals surface area contributed by atoms with Crippen LogP contribution in [0.4, 0.5) is 8.78 Å². The second kappa shape index (κ2) is 4.66. The van der Waals surface area contributed by atoms with E-state index in [1.807, 2.05) is 6.07 Å². The molecule has 0 aliphatic carbocycles. The van der Waals surface area contributed by atoms with Crippen LogP contribution in [0.2, 0.25) is 0 Å². The SMILES string of the molecule is N#CC(c1ccc(F)c(F)c1)c1ccncn1. The van der Waals surface area contributed by atoms with Gasteiger partial charge in [-0.15, -0.1) is 0 Å². The molecule has 5 heteroatoms. The van der Waals surface area contributed by atoms with Crippen molar-refractivity contribution in [1.82, 2.24) is 9.97 Å². The largest absolute Gasteiger partial charge is 0.245 e. The summed E-state index contributed by atoms with van der Waals surface area (Å²) >= 11 is 0. The van der Waals surface area contributed by atoms with E-state index in [0.29, 0.717) is 11.3 Å². The third-order valence-electron chi connectivity index (χ3n) is 2.31. The second-order valence-electron chi connectivity index (χ2n) is 3.37. The summed E-state index contributed by atoms with van der Waals surface area (Å²) in [4.78, 5) is 7.66. The molecule has 84 valence electrons. The molecule has 0 aliphatic heterocycles. The van der Waals surface area contributed by atoms with Gasteiger partial charge >= 0.3 is 0 Å². The number of benzene rings is 1. The van der Waals surface area contributed by atoms with Gasteiger partial charge in [-0.25, -0.2) is 18.7 Å². The molecule has 0 fully saturated rings. The van der Waals surface area contributed by atoms with E-state index in [1.54, 1.807) is 6.07 Å². The topological polar surface area (TPSA) is 49.6 Å². The molecule has 0 N–H and O–H groups in total. The van der Waals surface area contributed by atoms with Gasteiger partial charge in [0.05, 0.1) is 11.8 Å². The first-order valence-corrected chi connectivity index (χ1v) is 4.83. The van der Waals surface area contributed by atoms with Gasteiger partial charge in [-0.1, -0.05) is 6.07 Å². The molecule has 0 aliphatic rings. The summed E-state index contributed by atoms with van der Waals surface area (Å²) in [6.45, 7) is 0. The molecule has 0 spiro atoms. The highest BCUT2D eigenvalue weighted by Gasteiger charge is 2.16. The lowest BCUT2D eigenvalue weighted by Crippen LogP contribution is -2.02. The Hall–Kier alpha value is -2.35. The third-order valence-corrected chi connectivity index (χ3v) is 2.31. The molecule has 3 nitrogen and oxygen atoms in total. The smallest absolute Gasteiger partial charge is 0.159 e. The predicted molar refractivity (Wildman–Crippen MR) is 55.8 cm³/mol. The van der Waals surface area contributed by atoms with Crippen molar-refractivity contribution in [3.63, 3.8) is 0 Å². The summed E-state index contributed by atoms with van der Waals surface area (Å²) in [5.41, 5.74) is 0.818. The Morgan fingerprint density at radius 3 is 2.59 bits per heavy atom. The molecule has 0 saturated carbocycles. The van der Waals surface area contributed by atoms with Gasteiger partial charge in [0, 0.05) is 6.20 Å². The van der Waals surface area contributed by atoms with Crippen LogP contribution in [-0.4, -0.2) is 9.97 Å². The lowest BCUT2D eigenvalue weighted by Gasteiger charge is -2.08. The minimum absolute atomic E-state index is 0.366. The Morgan fingerprint density at radius 2 is 2.00 bits per heavy atom. The fourth-order valence-electron chi connectivity index (χ4n) is 1.48. The van der Waals surface area contributed by atoms with E-state index < -0.39 is 17.6 Å². The molecular weight excluding hydrogens is 224 g/mol. The van der Waals surface area contributed by atoms with Gasteiger partial charge in [-0.2, -0.15) is 5.26 Å². The Labute approximate surface area is 96.4 Å². The number of rotatable bonds is 2. The van der Waals surface area contributed by atoms with Crippen molar-refractivity contribution in [2.24, 2.45) is 0 Å². The molecule has 1 heterocycles. The van der Waals surface area contributed by atoms with E-state index >= 15 is 0 Å². The number of nitriles is 1. The number of hydrogen-bond acceptors (Lipinski definition) is 3. The number of hydrogen-bond donors (Lipinski definition) is 0. The summed E-state index contributed by atoms with van der Waals surface area (Å²) in [6, 6.07) is 6.94. The molecule has 1 atom stereocenters. The van der Waals surface area contributed by atoms with Crippen molar-refractivity contribution in [2.75, 3.05) is 0 Å². The fraction of sp³-hybridized carbons (Fsp3) is 0.0833. The second-order valence-corrected chi connectivity index (χ2v) is 3.37. The number of nitrogens with zero attached hydrogens (tertiary/aromatic N) is 3. The highest BCUT2D eigenvalue weighted by Crippen LogP contribution is 2.23. The first-order valence-electron chi connectivity index (χ1n) is 4.83. The fourth-order valence-corrected chi connectivity index (χ4v) is 1.48. The van der Waals surface area contributed by atoms with E-state index in [-0.39, 0.29) is 0 Å². The van der Waals surface area contributed by atoms with Crippen molar-refractivity contribution in [1.29, 1.82) is 5.26 Å². The molecule has 0 bridgehead atoms. The molecule has 1 aromatic heterocycles.